The molecule has 7 nitrogen and oxygen atoms in total. The van der Waals surface area contributed by atoms with Crippen molar-refractivity contribution in [3.05, 3.63) is 130 Å². The van der Waals surface area contributed by atoms with E-state index in [0.717, 1.165) is 31.9 Å². The minimum absolute atomic E-state index is 0.0659. The number of sulfonamides is 1. The molecule has 4 aromatic carbocycles. The van der Waals surface area contributed by atoms with E-state index in [9.17, 15) is 18.0 Å². The summed E-state index contributed by atoms with van der Waals surface area (Å²) in [6, 6.07) is 31.1. The second-order valence-corrected chi connectivity index (χ2v) is 13.6. The number of anilines is 1. The summed E-state index contributed by atoms with van der Waals surface area (Å²) in [5.74, 6) is -0.780. The number of nitrogens with one attached hydrogen (secondary N) is 1. The van der Waals surface area contributed by atoms with Gasteiger partial charge in [-0.2, -0.15) is 0 Å². The summed E-state index contributed by atoms with van der Waals surface area (Å²) < 4.78 is 29.9. The fourth-order valence-corrected chi connectivity index (χ4v) is 6.44. The van der Waals surface area contributed by atoms with E-state index in [-0.39, 0.29) is 29.8 Å². The highest BCUT2D eigenvalue weighted by Crippen LogP contribution is 2.26. The van der Waals surface area contributed by atoms with Gasteiger partial charge in [-0.15, -0.1) is 0 Å². The molecule has 0 bridgehead atoms. The maximum absolute atomic E-state index is 14.5. The lowest BCUT2D eigenvalue weighted by molar-refractivity contribution is -0.140. The predicted octanol–water partition coefficient (Wildman–Crippen LogP) is 6.51. The van der Waals surface area contributed by atoms with Gasteiger partial charge in [0.15, 0.2) is 0 Å². The van der Waals surface area contributed by atoms with Gasteiger partial charge in [0.2, 0.25) is 11.8 Å². The average Bonchev–Trinajstić information content (AvgIpc) is 3.03. The van der Waals surface area contributed by atoms with Crippen LogP contribution in [0, 0.1) is 6.92 Å². The molecule has 0 aliphatic heterocycles. The Morgan fingerprint density at radius 2 is 1.41 bits per heavy atom. The summed E-state index contributed by atoms with van der Waals surface area (Å²) in [5.41, 5.74) is 3.13. The number of nitrogens with zero attached hydrogens (tertiary/aromatic N) is 2. The van der Waals surface area contributed by atoms with Crippen LogP contribution in [0.4, 0.5) is 5.69 Å². The summed E-state index contributed by atoms with van der Waals surface area (Å²) in [4.78, 5) is 29.9. The molecule has 2 atom stereocenters. The van der Waals surface area contributed by atoms with E-state index in [1.54, 1.807) is 42.5 Å². The van der Waals surface area contributed by atoms with Gasteiger partial charge in [-0.05, 0) is 67.8 Å². The van der Waals surface area contributed by atoms with Crippen molar-refractivity contribution in [2.75, 3.05) is 10.8 Å². The number of hydrogen-bond donors (Lipinski definition) is 1. The van der Waals surface area contributed by atoms with Crippen LogP contribution < -0.4 is 9.62 Å². The fraction of sp³-hybridized carbons (Fsp3) is 0.257. The van der Waals surface area contributed by atoms with Gasteiger partial charge in [-0.25, -0.2) is 8.42 Å². The molecule has 0 aliphatic rings. The van der Waals surface area contributed by atoms with Crippen molar-refractivity contribution in [1.82, 2.24) is 10.2 Å². The van der Waals surface area contributed by atoms with Crippen molar-refractivity contribution in [2.45, 2.75) is 57.1 Å². The lowest BCUT2D eigenvalue weighted by Crippen LogP contribution is -2.54. The topological polar surface area (TPSA) is 86.8 Å². The first-order valence-electron chi connectivity index (χ1n) is 14.6. The van der Waals surface area contributed by atoms with Gasteiger partial charge in [0.05, 0.1) is 10.6 Å². The molecule has 0 unspecified atom stereocenters. The average molecular weight is 677 g/mol. The first-order chi connectivity index (χ1) is 21.1. The highest BCUT2D eigenvalue weighted by Gasteiger charge is 2.35. The lowest BCUT2D eigenvalue weighted by atomic mass is 10.0. The molecule has 4 aromatic rings. The molecule has 0 aromatic heterocycles. The summed E-state index contributed by atoms with van der Waals surface area (Å²) in [6.07, 6.45) is 0.993. The normalized spacial score (nSPS) is 12.6. The van der Waals surface area contributed by atoms with Crippen molar-refractivity contribution >= 4 is 43.5 Å². The maximum Gasteiger partial charge on any atom is 0.264 e. The summed E-state index contributed by atoms with van der Waals surface area (Å²) in [7, 11) is -4.13. The molecule has 2 amide bonds. The van der Waals surface area contributed by atoms with Crippen LogP contribution in [0.2, 0.25) is 0 Å². The van der Waals surface area contributed by atoms with Crippen LogP contribution in [0.1, 0.15) is 37.0 Å². The number of rotatable bonds is 13. The SMILES string of the molecule is CC[C@@H](C)NC(=O)[C@@H](Cc1ccccc1)N(Cc1ccc(C)cc1)C(=O)CN(c1ccc(Br)cc1)S(=O)(=O)c1ccccc1. The Bertz CT molecular complexity index is 1630. The van der Waals surface area contributed by atoms with Crippen molar-refractivity contribution < 1.29 is 18.0 Å². The lowest BCUT2D eigenvalue weighted by Gasteiger charge is -2.34. The Morgan fingerprint density at radius 3 is 2.00 bits per heavy atom. The fourth-order valence-electron chi connectivity index (χ4n) is 4.74. The molecule has 0 spiro atoms. The third-order valence-electron chi connectivity index (χ3n) is 7.47. The molecule has 4 rings (SSSR count). The third kappa shape index (κ3) is 8.57. The zero-order valence-corrected chi connectivity index (χ0v) is 27.6. The van der Waals surface area contributed by atoms with Gasteiger partial charge < -0.3 is 10.2 Å². The van der Waals surface area contributed by atoms with Crippen LogP contribution in [0.5, 0.6) is 0 Å². The van der Waals surface area contributed by atoms with Gasteiger partial charge in [0.1, 0.15) is 12.6 Å². The van der Waals surface area contributed by atoms with Gasteiger partial charge in [0.25, 0.3) is 10.0 Å². The van der Waals surface area contributed by atoms with Gasteiger partial charge in [-0.3, -0.25) is 13.9 Å². The molecule has 0 aliphatic carbocycles. The highest BCUT2D eigenvalue weighted by molar-refractivity contribution is 9.10. The van der Waals surface area contributed by atoms with Crippen molar-refractivity contribution in [3.8, 4) is 0 Å². The molecule has 230 valence electrons. The second-order valence-electron chi connectivity index (χ2n) is 10.8. The van der Waals surface area contributed by atoms with Crippen LogP contribution in [0.3, 0.4) is 0 Å². The number of aryl methyl sites for hydroxylation is 1. The summed E-state index contributed by atoms with van der Waals surface area (Å²) >= 11 is 3.41. The van der Waals surface area contributed by atoms with Crippen molar-refractivity contribution in [1.29, 1.82) is 0 Å². The monoisotopic (exact) mass is 675 g/mol. The van der Waals surface area contributed by atoms with E-state index in [1.165, 1.54) is 17.0 Å². The molecule has 0 saturated heterocycles. The van der Waals surface area contributed by atoms with Gasteiger partial charge in [-0.1, -0.05) is 101 Å². The van der Waals surface area contributed by atoms with Crippen LogP contribution in [0.15, 0.2) is 119 Å². The Balaban J connectivity index is 1.79. The number of benzene rings is 4. The van der Waals surface area contributed by atoms with Crippen molar-refractivity contribution in [3.63, 3.8) is 0 Å². The van der Waals surface area contributed by atoms with Gasteiger partial charge >= 0.3 is 0 Å². The quantitative estimate of drug-likeness (QED) is 0.175. The third-order valence-corrected chi connectivity index (χ3v) is 9.79. The number of hydrogen-bond acceptors (Lipinski definition) is 4. The molecule has 44 heavy (non-hydrogen) atoms. The first-order valence-corrected chi connectivity index (χ1v) is 16.8. The van der Waals surface area contributed by atoms with Gasteiger partial charge in [0, 0.05) is 23.5 Å². The standard InChI is InChI=1S/C35H38BrN3O4S/c1-4-27(3)37-35(41)33(23-28-11-7-5-8-12-28)38(24-29-17-15-26(2)16-18-29)34(40)25-39(31-21-19-30(36)20-22-31)44(42,43)32-13-9-6-10-14-32/h5-22,27,33H,4,23-25H2,1-3H3,(H,37,41)/t27-,33-/m1/s1. The smallest absolute Gasteiger partial charge is 0.264 e. The van der Waals surface area contributed by atoms with E-state index < -0.39 is 28.5 Å². The molecule has 0 radical (unpaired) electrons. The van der Waals surface area contributed by atoms with Crippen molar-refractivity contribution in [2.24, 2.45) is 0 Å². The summed E-state index contributed by atoms with van der Waals surface area (Å²) in [5, 5.41) is 3.06. The van der Waals surface area contributed by atoms with E-state index in [2.05, 4.69) is 21.2 Å². The molecule has 0 saturated carbocycles. The molecule has 9 heteroatoms. The number of carbonyl (C=O) groups excluding carboxylic acids is 2. The molecular weight excluding hydrogens is 638 g/mol. The molecule has 1 N–H and O–H groups in total. The predicted molar refractivity (Wildman–Crippen MR) is 179 cm³/mol. The Labute approximate surface area is 269 Å². The van der Waals surface area contributed by atoms with Crippen LogP contribution >= 0.6 is 15.9 Å². The van der Waals surface area contributed by atoms with E-state index in [1.807, 2.05) is 75.4 Å². The minimum atomic E-state index is -4.13. The maximum atomic E-state index is 14.5. The zero-order valence-electron chi connectivity index (χ0n) is 25.2. The molecule has 0 fully saturated rings. The first kappa shape index (κ1) is 33.0. The Hall–Kier alpha value is -3.95. The molecule has 0 heterocycles. The zero-order chi connectivity index (χ0) is 31.7. The number of amides is 2. The van der Waals surface area contributed by atoms with Crippen LogP contribution in [0.25, 0.3) is 0 Å². The number of halogens is 1. The largest absolute Gasteiger partial charge is 0.352 e. The van der Waals surface area contributed by atoms with E-state index >= 15 is 0 Å². The molecular formula is C35H38BrN3O4S. The van der Waals surface area contributed by atoms with Crippen LogP contribution in [-0.4, -0.2) is 43.8 Å². The summed E-state index contributed by atoms with van der Waals surface area (Å²) in [6.45, 7) is 5.52. The van der Waals surface area contributed by atoms with E-state index in [4.69, 9.17) is 0 Å². The number of carbonyl (C=O) groups is 2. The van der Waals surface area contributed by atoms with E-state index in [0.29, 0.717) is 5.69 Å². The Morgan fingerprint density at radius 1 is 0.818 bits per heavy atom. The minimum Gasteiger partial charge on any atom is -0.352 e. The second kappa shape index (κ2) is 15.2. The highest BCUT2D eigenvalue weighted by atomic mass is 79.9. The Kier molecular flexibility index (Phi) is 11.4. The van der Waals surface area contributed by atoms with Crippen LogP contribution in [-0.2, 0) is 32.6 Å².